The Hall–Kier alpha value is -2.62. The molecule has 0 amide bonds. The van der Waals surface area contributed by atoms with E-state index < -0.39 is 11.9 Å². The minimum absolute atomic E-state index is 0.271. The number of unbranched alkanes of at least 4 members (excludes halogenated alkanes) is 5. The van der Waals surface area contributed by atoms with Gasteiger partial charge in [0.05, 0.1) is 0 Å². The van der Waals surface area contributed by atoms with Gasteiger partial charge in [0.25, 0.3) is 0 Å². The molecule has 27 heavy (non-hydrogen) atoms. The van der Waals surface area contributed by atoms with Gasteiger partial charge in [-0.15, -0.1) is 0 Å². The van der Waals surface area contributed by atoms with Gasteiger partial charge in [-0.25, -0.2) is 4.79 Å². The summed E-state index contributed by atoms with van der Waals surface area (Å²) in [5, 5.41) is 0. The van der Waals surface area contributed by atoms with E-state index in [0.29, 0.717) is 5.75 Å². The van der Waals surface area contributed by atoms with E-state index in [1.54, 1.807) is 12.1 Å². The molecule has 0 fully saturated rings. The second-order valence-electron chi connectivity index (χ2n) is 6.54. The number of hydrogen-bond acceptors (Lipinski definition) is 4. The van der Waals surface area contributed by atoms with Crippen molar-refractivity contribution in [1.29, 1.82) is 0 Å². The van der Waals surface area contributed by atoms with Crippen LogP contribution in [0.1, 0.15) is 51.9 Å². The quantitative estimate of drug-likeness (QED) is 0.296. The monoisotopic (exact) mass is 368 g/mol. The summed E-state index contributed by atoms with van der Waals surface area (Å²) in [6, 6.07) is 17.5. The van der Waals surface area contributed by atoms with Gasteiger partial charge in [-0.1, -0.05) is 81.5 Å². The van der Waals surface area contributed by atoms with Crippen molar-refractivity contribution in [2.45, 2.75) is 51.9 Å². The molecule has 0 radical (unpaired) electrons. The lowest BCUT2D eigenvalue weighted by atomic mass is 10.1. The fraction of sp³-hybridized carbons (Fsp3) is 0.391. The summed E-state index contributed by atoms with van der Waals surface area (Å²) in [5.41, 5.74) is 2.18. The highest BCUT2D eigenvalue weighted by Crippen LogP contribution is 2.22. The van der Waals surface area contributed by atoms with Crippen molar-refractivity contribution in [3.05, 3.63) is 54.6 Å². The van der Waals surface area contributed by atoms with Crippen molar-refractivity contribution < 1.29 is 19.1 Å². The molecule has 144 valence electrons. The number of hydrogen-bond donors (Lipinski definition) is 0. The SMILES string of the molecule is CCCCCCCCC(=O)OC(=O)COc1ccc(-c2ccccc2)cc1. The Balaban J connectivity index is 1.65. The maximum absolute atomic E-state index is 11.7. The average Bonchev–Trinajstić information content (AvgIpc) is 2.70. The Morgan fingerprint density at radius 1 is 0.741 bits per heavy atom. The maximum Gasteiger partial charge on any atom is 0.351 e. The minimum Gasteiger partial charge on any atom is -0.482 e. The Bertz CT molecular complexity index is 692. The van der Waals surface area contributed by atoms with E-state index in [4.69, 9.17) is 9.47 Å². The number of ether oxygens (including phenoxy) is 2. The van der Waals surface area contributed by atoms with Crippen LogP contribution in [0.15, 0.2) is 54.6 Å². The Morgan fingerprint density at radius 3 is 2.07 bits per heavy atom. The summed E-state index contributed by atoms with van der Waals surface area (Å²) < 4.78 is 10.2. The maximum atomic E-state index is 11.7. The molecule has 0 aromatic heterocycles. The van der Waals surface area contributed by atoms with Crippen LogP contribution in [0.5, 0.6) is 5.75 Å². The molecular formula is C23H28O4. The molecule has 2 aromatic rings. The molecule has 0 atom stereocenters. The Labute approximate surface area is 161 Å². The molecule has 0 saturated carbocycles. The minimum atomic E-state index is -0.655. The molecule has 0 unspecified atom stereocenters. The third-order valence-corrected chi connectivity index (χ3v) is 4.28. The van der Waals surface area contributed by atoms with Crippen molar-refractivity contribution in [2.75, 3.05) is 6.61 Å². The zero-order valence-electron chi connectivity index (χ0n) is 16.0. The van der Waals surface area contributed by atoms with Crippen molar-refractivity contribution in [2.24, 2.45) is 0 Å². The number of carbonyl (C=O) groups excluding carboxylic acids is 2. The largest absolute Gasteiger partial charge is 0.482 e. The van der Waals surface area contributed by atoms with Crippen molar-refractivity contribution >= 4 is 11.9 Å². The summed E-state index contributed by atoms with van der Waals surface area (Å²) in [6.07, 6.45) is 6.78. The van der Waals surface area contributed by atoms with Crippen molar-refractivity contribution in [3.8, 4) is 16.9 Å². The van der Waals surface area contributed by atoms with E-state index in [-0.39, 0.29) is 13.0 Å². The van der Waals surface area contributed by atoms with Crippen LogP contribution in [-0.2, 0) is 14.3 Å². The van der Waals surface area contributed by atoms with E-state index in [2.05, 4.69) is 6.92 Å². The molecule has 0 N–H and O–H groups in total. The van der Waals surface area contributed by atoms with Crippen LogP contribution in [0.2, 0.25) is 0 Å². The van der Waals surface area contributed by atoms with Gasteiger partial charge in [0.1, 0.15) is 5.75 Å². The molecule has 0 saturated heterocycles. The summed E-state index contributed by atoms with van der Waals surface area (Å²) in [6.45, 7) is 1.90. The standard InChI is InChI=1S/C23H28O4/c1-2-3-4-5-6-10-13-22(24)27-23(25)18-26-21-16-14-20(15-17-21)19-11-8-7-9-12-19/h7-9,11-12,14-17H,2-6,10,13,18H2,1H3. The zero-order chi connectivity index (χ0) is 19.3. The number of esters is 2. The van der Waals surface area contributed by atoms with Gasteiger partial charge < -0.3 is 9.47 Å². The normalized spacial score (nSPS) is 10.4. The molecule has 0 bridgehead atoms. The van der Waals surface area contributed by atoms with Crippen LogP contribution in [0.25, 0.3) is 11.1 Å². The highest BCUT2D eigenvalue weighted by atomic mass is 16.6. The Kier molecular flexibility index (Phi) is 9.11. The molecule has 4 heteroatoms. The first kappa shape index (κ1) is 20.7. The zero-order valence-corrected chi connectivity index (χ0v) is 16.0. The van der Waals surface area contributed by atoms with E-state index in [1.807, 2.05) is 42.5 Å². The predicted molar refractivity (Wildman–Crippen MR) is 106 cm³/mol. The summed E-state index contributed by atoms with van der Waals surface area (Å²) in [7, 11) is 0. The van der Waals surface area contributed by atoms with Crippen LogP contribution in [-0.4, -0.2) is 18.5 Å². The van der Waals surface area contributed by atoms with Crippen LogP contribution >= 0.6 is 0 Å². The van der Waals surface area contributed by atoms with E-state index in [0.717, 1.165) is 30.4 Å². The fourth-order valence-corrected chi connectivity index (χ4v) is 2.77. The lowest BCUT2D eigenvalue weighted by Crippen LogP contribution is -2.19. The average molecular weight is 368 g/mol. The lowest BCUT2D eigenvalue weighted by Gasteiger charge is -2.07. The highest BCUT2D eigenvalue weighted by molar-refractivity contribution is 5.86. The molecule has 0 aliphatic rings. The Morgan fingerprint density at radius 2 is 1.37 bits per heavy atom. The van der Waals surface area contributed by atoms with Crippen LogP contribution in [0.3, 0.4) is 0 Å². The molecule has 0 aliphatic carbocycles. The fourth-order valence-electron chi connectivity index (χ4n) is 2.77. The summed E-state index contributed by atoms with van der Waals surface area (Å²) in [4.78, 5) is 23.4. The third kappa shape index (κ3) is 8.07. The number of carbonyl (C=O) groups is 2. The summed E-state index contributed by atoms with van der Waals surface area (Å²) >= 11 is 0. The van der Waals surface area contributed by atoms with Crippen LogP contribution < -0.4 is 4.74 Å². The van der Waals surface area contributed by atoms with Crippen LogP contribution in [0.4, 0.5) is 0 Å². The van der Waals surface area contributed by atoms with Gasteiger partial charge in [-0.2, -0.15) is 0 Å². The lowest BCUT2D eigenvalue weighted by molar-refractivity contribution is -0.161. The number of rotatable bonds is 11. The van der Waals surface area contributed by atoms with E-state index in [1.165, 1.54) is 19.3 Å². The molecule has 0 spiro atoms. The second-order valence-corrected chi connectivity index (χ2v) is 6.54. The first-order chi connectivity index (χ1) is 13.2. The molecular weight excluding hydrogens is 340 g/mol. The van der Waals surface area contributed by atoms with Gasteiger partial charge >= 0.3 is 11.9 Å². The van der Waals surface area contributed by atoms with Gasteiger partial charge in [-0.05, 0) is 29.7 Å². The predicted octanol–water partition coefficient (Wildman–Crippen LogP) is 5.55. The molecule has 0 aliphatic heterocycles. The van der Waals surface area contributed by atoms with E-state index in [9.17, 15) is 9.59 Å². The first-order valence-corrected chi connectivity index (χ1v) is 9.71. The van der Waals surface area contributed by atoms with Gasteiger partial charge in [-0.3, -0.25) is 4.79 Å². The topological polar surface area (TPSA) is 52.6 Å². The third-order valence-electron chi connectivity index (χ3n) is 4.28. The van der Waals surface area contributed by atoms with Crippen molar-refractivity contribution in [3.63, 3.8) is 0 Å². The summed E-state index contributed by atoms with van der Waals surface area (Å²) in [5.74, 6) is -0.563. The first-order valence-electron chi connectivity index (χ1n) is 9.71. The smallest absolute Gasteiger partial charge is 0.351 e. The molecule has 4 nitrogen and oxygen atoms in total. The number of benzene rings is 2. The van der Waals surface area contributed by atoms with Gasteiger partial charge in [0.2, 0.25) is 0 Å². The second kappa shape index (κ2) is 11.9. The van der Waals surface area contributed by atoms with E-state index >= 15 is 0 Å². The molecule has 0 heterocycles. The van der Waals surface area contributed by atoms with Crippen LogP contribution in [0, 0.1) is 0 Å². The van der Waals surface area contributed by atoms with Gasteiger partial charge in [0.15, 0.2) is 6.61 Å². The molecule has 2 rings (SSSR count). The highest BCUT2D eigenvalue weighted by Gasteiger charge is 2.11. The molecule has 2 aromatic carbocycles. The van der Waals surface area contributed by atoms with Crippen molar-refractivity contribution in [1.82, 2.24) is 0 Å². The van der Waals surface area contributed by atoms with Gasteiger partial charge in [0, 0.05) is 6.42 Å².